The van der Waals surface area contributed by atoms with Crippen LogP contribution in [0.25, 0.3) is 0 Å². The average Bonchev–Trinajstić information content (AvgIpc) is 2.52. The van der Waals surface area contributed by atoms with Crippen LogP contribution in [0.15, 0.2) is 53.8 Å². The number of hydrogen-bond donors (Lipinski definition) is 2. The lowest BCUT2D eigenvalue weighted by molar-refractivity contribution is 0.793. The Balaban J connectivity index is 0.00000242. The molecular weight excluding hydrogens is 387 g/mol. The SMILES string of the molecule is CN=C(NCCc1cccnc1)NCc1cccc(C)c1.I. The third-order valence-corrected chi connectivity index (χ3v) is 3.19. The Kier molecular flexibility index (Phi) is 8.50. The van der Waals surface area contributed by atoms with Crippen molar-refractivity contribution in [3.05, 3.63) is 65.5 Å². The van der Waals surface area contributed by atoms with Gasteiger partial charge < -0.3 is 10.6 Å². The summed E-state index contributed by atoms with van der Waals surface area (Å²) < 4.78 is 0. The summed E-state index contributed by atoms with van der Waals surface area (Å²) in [4.78, 5) is 8.35. The molecule has 0 fully saturated rings. The van der Waals surface area contributed by atoms with E-state index >= 15 is 0 Å². The van der Waals surface area contributed by atoms with Gasteiger partial charge in [0, 0.05) is 32.5 Å². The molecule has 0 aliphatic heterocycles. The maximum Gasteiger partial charge on any atom is 0.191 e. The smallest absolute Gasteiger partial charge is 0.191 e. The first-order valence-corrected chi connectivity index (χ1v) is 7.17. The molecule has 0 spiro atoms. The summed E-state index contributed by atoms with van der Waals surface area (Å²) in [5, 5.41) is 6.64. The van der Waals surface area contributed by atoms with Crippen LogP contribution >= 0.6 is 24.0 Å². The molecule has 0 aliphatic rings. The summed E-state index contributed by atoms with van der Waals surface area (Å²) in [6, 6.07) is 12.5. The first kappa shape index (κ1) is 18.4. The van der Waals surface area contributed by atoms with Crippen molar-refractivity contribution >= 4 is 29.9 Å². The van der Waals surface area contributed by atoms with Crippen molar-refractivity contribution in [1.82, 2.24) is 15.6 Å². The lowest BCUT2D eigenvalue weighted by atomic mass is 10.1. The summed E-state index contributed by atoms with van der Waals surface area (Å²) in [7, 11) is 1.79. The van der Waals surface area contributed by atoms with Crippen molar-refractivity contribution < 1.29 is 0 Å². The number of benzene rings is 1. The molecule has 0 amide bonds. The first-order chi connectivity index (χ1) is 10.3. The van der Waals surface area contributed by atoms with E-state index in [0.29, 0.717) is 0 Å². The van der Waals surface area contributed by atoms with E-state index in [0.717, 1.165) is 25.5 Å². The van der Waals surface area contributed by atoms with Crippen molar-refractivity contribution in [3.8, 4) is 0 Å². The van der Waals surface area contributed by atoms with Crippen LogP contribution in [0.4, 0.5) is 0 Å². The van der Waals surface area contributed by atoms with Crippen LogP contribution in [-0.4, -0.2) is 24.5 Å². The number of hydrogen-bond acceptors (Lipinski definition) is 2. The Morgan fingerprint density at radius 3 is 2.64 bits per heavy atom. The van der Waals surface area contributed by atoms with Crippen molar-refractivity contribution in [1.29, 1.82) is 0 Å². The number of aliphatic imine (C=N–C) groups is 1. The second-order valence-electron chi connectivity index (χ2n) is 4.95. The highest BCUT2D eigenvalue weighted by Gasteiger charge is 1.99. The fraction of sp³-hybridized carbons (Fsp3) is 0.294. The molecule has 5 heteroatoms. The van der Waals surface area contributed by atoms with Crippen LogP contribution < -0.4 is 10.6 Å². The molecule has 1 aromatic carbocycles. The normalized spacial score (nSPS) is 10.7. The predicted octanol–water partition coefficient (Wildman–Crippen LogP) is 2.92. The molecule has 118 valence electrons. The lowest BCUT2D eigenvalue weighted by Gasteiger charge is -2.12. The second kappa shape index (κ2) is 10.2. The number of nitrogens with zero attached hydrogens (tertiary/aromatic N) is 2. The van der Waals surface area contributed by atoms with Gasteiger partial charge in [0.05, 0.1) is 0 Å². The van der Waals surface area contributed by atoms with Gasteiger partial charge >= 0.3 is 0 Å². The standard InChI is InChI=1S/C17H22N4.HI/c1-14-5-3-6-16(11-14)13-21-17(18-2)20-10-8-15-7-4-9-19-12-15;/h3-7,9,11-12H,8,10,13H2,1-2H3,(H2,18,20,21);1H. The number of guanidine groups is 1. The Labute approximate surface area is 149 Å². The van der Waals surface area contributed by atoms with Gasteiger partial charge in [-0.1, -0.05) is 35.9 Å². The Morgan fingerprint density at radius 1 is 1.14 bits per heavy atom. The summed E-state index contributed by atoms with van der Waals surface area (Å²) in [6.45, 7) is 3.71. The summed E-state index contributed by atoms with van der Waals surface area (Å²) >= 11 is 0. The van der Waals surface area contributed by atoms with Gasteiger partial charge in [-0.15, -0.1) is 24.0 Å². The van der Waals surface area contributed by atoms with Crippen molar-refractivity contribution in [2.24, 2.45) is 4.99 Å². The first-order valence-electron chi connectivity index (χ1n) is 7.17. The highest BCUT2D eigenvalue weighted by Crippen LogP contribution is 2.03. The van der Waals surface area contributed by atoms with E-state index in [1.165, 1.54) is 16.7 Å². The van der Waals surface area contributed by atoms with Crippen molar-refractivity contribution in [3.63, 3.8) is 0 Å². The van der Waals surface area contributed by atoms with Crippen LogP contribution in [0, 0.1) is 6.92 Å². The van der Waals surface area contributed by atoms with Gasteiger partial charge in [0.1, 0.15) is 0 Å². The third-order valence-electron chi connectivity index (χ3n) is 3.19. The number of rotatable bonds is 5. The van der Waals surface area contributed by atoms with Gasteiger partial charge in [-0.2, -0.15) is 0 Å². The van der Waals surface area contributed by atoms with E-state index in [1.807, 2.05) is 12.3 Å². The fourth-order valence-corrected chi connectivity index (χ4v) is 2.10. The van der Waals surface area contributed by atoms with Crippen molar-refractivity contribution in [2.75, 3.05) is 13.6 Å². The topological polar surface area (TPSA) is 49.3 Å². The van der Waals surface area contributed by atoms with Gasteiger partial charge in [0.25, 0.3) is 0 Å². The monoisotopic (exact) mass is 410 g/mol. The molecular formula is C17H23IN4. The number of aryl methyl sites for hydroxylation is 1. The van der Waals surface area contributed by atoms with E-state index in [9.17, 15) is 0 Å². The quantitative estimate of drug-likeness (QED) is 0.453. The number of halogens is 1. The fourth-order valence-electron chi connectivity index (χ4n) is 2.10. The van der Waals surface area contributed by atoms with Crippen LogP contribution in [-0.2, 0) is 13.0 Å². The van der Waals surface area contributed by atoms with Crippen LogP contribution in [0.1, 0.15) is 16.7 Å². The van der Waals surface area contributed by atoms with E-state index < -0.39 is 0 Å². The number of pyridine rings is 1. The molecule has 2 rings (SSSR count). The molecule has 1 heterocycles. The molecule has 22 heavy (non-hydrogen) atoms. The molecule has 0 aliphatic carbocycles. The number of nitrogens with one attached hydrogen (secondary N) is 2. The molecule has 0 bridgehead atoms. The molecule has 2 N–H and O–H groups in total. The minimum Gasteiger partial charge on any atom is -0.356 e. The Morgan fingerprint density at radius 2 is 1.95 bits per heavy atom. The molecule has 0 radical (unpaired) electrons. The summed E-state index contributed by atoms with van der Waals surface area (Å²) in [6.07, 6.45) is 4.61. The maximum atomic E-state index is 4.24. The van der Waals surface area contributed by atoms with Gasteiger partial charge in [-0.25, -0.2) is 0 Å². The zero-order valence-electron chi connectivity index (χ0n) is 13.0. The predicted molar refractivity (Wildman–Crippen MR) is 103 cm³/mol. The van der Waals surface area contributed by atoms with Crippen LogP contribution in [0.5, 0.6) is 0 Å². The van der Waals surface area contributed by atoms with Crippen LogP contribution in [0.3, 0.4) is 0 Å². The van der Waals surface area contributed by atoms with E-state index in [4.69, 9.17) is 0 Å². The van der Waals surface area contributed by atoms with Gasteiger partial charge in [-0.05, 0) is 30.5 Å². The molecule has 4 nitrogen and oxygen atoms in total. The maximum absolute atomic E-state index is 4.24. The molecule has 0 unspecified atom stereocenters. The minimum absolute atomic E-state index is 0. The van der Waals surface area contributed by atoms with Crippen LogP contribution in [0.2, 0.25) is 0 Å². The summed E-state index contributed by atoms with van der Waals surface area (Å²) in [5.41, 5.74) is 3.75. The second-order valence-corrected chi connectivity index (χ2v) is 4.95. The average molecular weight is 410 g/mol. The zero-order valence-corrected chi connectivity index (χ0v) is 15.4. The van der Waals surface area contributed by atoms with E-state index in [1.54, 1.807) is 13.2 Å². The zero-order chi connectivity index (χ0) is 14.9. The minimum atomic E-state index is 0. The van der Waals surface area contributed by atoms with Crippen molar-refractivity contribution in [2.45, 2.75) is 19.9 Å². The van der Waals surface area contributed by atoms with E-state index in [-0.39, 0.29) is 24.0 Å². The van der Waals surface area contributed by atoms with Gasteiger partial charge in [0.15, 0.2) is 5.96 Å². The highest BCUT2D eigenvalue weighted by atomic mass is 127. The van der Waals surface area contributed by atoms with Gasteiger partial charge in [0.2, 0.25) is 0 Å². The molecule has 1 aromatic heterocycles. The molecule has 2 aromatic rings. The highest BCUT2D eigenvalue weighted by molar-refractivity contribution is 14.0. The molecule has 0 saturated heterocycles. The molecule has 0 atom stereocenters. The Bertz CT molecular complexity index is 584. The lowest BCUT2D eigenvalue weighted by Crippen LogP contribution is -2.37. The molecule has 0 saturated carbocycles. The van der Waals surface area contributed by atoms with Gasteiger partial charge in [-0.3, -0.25) is 9.98 Å². The summed E-state index contributed by atoms with van der Waals surface area (Å²) in [5.74, 6) is 0.820. The Hall–Kier alpha value is -1.63. The third kappa shape index (κ3) is 6.43. The largest absolute Gasteiger partial charge is 0.356 e. The van der Waals surface area contributed by atoms with E-state index in [2.05, 4.69) is 57.9 Å². The number of aromatic nitrogens is 1.